The number of carbonyl (C=O) groups excluding carboxylic acids is 1. The van der Waals surface area contributed by atoms with Crippen LogP contribution in [0.1, 0.15) is 31.4 Å². The molecule has 2 rings (SSSR count). The van der Waals surface area contributed by atoms with E-state index in [9.17, 15) is 14.3 Å². The highest BCUT2D eigenvalue weighted by atomic mass is 35.5. The number of nitrogens with zero attached hydrogens (tertiary/aromatic N) is 1. The summed E-state index contributed by atoms with van der Waals surface area (Å²) >= 11 is 5.62. The first-order chi connectivity index (χ1) is 9.97. The molecule has 21 heavy (non-hydrogen) atoms. The van der Waals surface area contributed by atoms with Gasteiger partial charge < -0.3 is 15.3 Å². The molecule has 1 aromatic carbocycles. The van der Waals surface area contributed by atoms with Gasteiger partial charge in [0.1, 0.15) is 5.82 Å². The molecule has 0 aliphatic carbocycles. The van der Waals surface area contributed by atoms with Crippen molar-refractivity contribution in [1.82, 2.24) is 10.2 Å². The van der Waals surface area contributed by atoms with Crippen LogP contribution in [0.2, 0.25) is 5.02 Å². The number of likely N-dealkylation sites (tertiary alicyclic amines) is 1. The van der Waals surface area contributed by atoms with E-state index in [4.69, 9.17) is 11.6 Å². The Labute approximate surface area is 128 Å². The lowest BCUT2D eigenvalue weighted by atomic mass is 10.0. The van der Waals surface area contributed by atoms with Gasteiger partial charge in [-0.25, -0.2) is 4.39 Å². The van der Waals surface area contributed by atoms with Crippen LogP contribution in [-0.2, 0) is 4.79 Å². The molecule has 1 aliphatic rings. The van der Waals surface area contributed by atoms with E-state index in [0.717, 1.165) is 25.9 Å². The third-order valence-electron chi connectivity index (χ3n) is 3.87. The van der Waals surface area contributed by atoms with Gasteiger partial charge in [0.05, 0.1) is 11.1 Å². The van der Waals surface area contributed by atoms with Crippen molar-refractivity contribution in [2.45, 2.75) is 31.9 Å². The normalized spacial score (nSPS) is 17.8. The number of nitrogens with one attached hydrogen (secondary N) is 1. The highest BCUT2D eigenvalue weighted by molar-refractivity contribution is 6.30. The van der Waals surface area contributed by atoms with Gasteiger partial charge in [0.25, 0.3) is 0 Å². The van der Waals surface area contributed by atoms with Gasteiger partial charge in [-0.05, 0) is 30.5 Å². The summed E-state index contributed by atoms with van der Waals surface area (Å²) in [5, 5.41) is 13.4. The Bertz CT molecular complexity index is 504. The highest BCUT2D eigenvalue weighted by Gasteiger charge is 2.21. The average Bonchev–Trinajstić information content (AvgIpc) is 2.48. The minimum Gasteiger partial charge on any atom is -0.387 e. The summed E-state index contributed by atoms with van der Waals surface area (Å²) in [6, 6.07) is 4.59. The van der Waals surface area contributed by atoms with Crippen LogP contribution in [0.4, 0.5) is 4.39 Å². The third-order valence-corrected chi connectivity index (χ3v) is 4.18. The molecule has 2 N–H and O–H groups in total. The van der Waals surface area contributed by atoms with Crippen LogP contribution in [0.5, 0.6) is 0 Å². The molecule has 0 radical (unpaired) electrons. The predicted octanol–water partition coefficient (Wildman–Crippen LogP) is 2.11. The standard InChI is InChI=1S/C15H20ClFN2O2/c1-10(20)19-6-4-12(5-7-19)18-9-15(21)11-2-3-13(16)14(17)8-11/h2-3,8,12,15,18,21H,4-7,9H2,1H3. The number of hydrogen-bond donors (Lipinski definition) is 2. The van der Waals surface area contributed by atoms with Crippen LogP contribution >= 0.6 is 11.6 Å². The summed E-state index contributed by atoms with van der Waals surface area (Å²) in [4.78, 5) is 13.1. The van der Waals surface area contributed by atoms with Gasteiger partial charge >= 0.3 is 0 Å². The van der Waals surface area contributed by atoms with Gasteiger partial charge in [-0.15, -0.1) is 0 Å². The number of halogens is 2. The molecular formula is C15H20ClFN2O2. The minimum atomic E-state index is -0.775. The zero-order valence-electron chi connectivity index (χ0n) is 12.0. The van der Waals surface area contributed by atoms with E-state index in [2.05, 4.69) is 5.32 Å². The number of amides is 1. The molecule has 4 nitrogen and oxygen atoms in total. The summed E-state index contributed by atoms with van der Waals surface area (Å²) in [5.74, 6) is -0.423. The second kappa shape index (κ2) is 7.20. The zero-order chi connectivity index (χ0) is 15.4. The first-order valence-corrected chi connectivity index (χ1v) is 7.47. The molecule has 0 aromatic heterocycles. The lowest BCUT2D eigenvalue weighted by molar-refractivity contribution is -0.129. The Hall–Kier alpha value is -1.17. The maximum Gasteiger partial charge on any atom is 0.219 e. The summed E-state index contributed by atoms with van der Waals surface area (Å²) in [6.07, 6.45) is 0.949. The van der Waals surface area contributed by atoms with Crippen molar-refractivity contribution in [2.75, 3.05) is 19.6 Å². The van der Waals surface area contributed by atoms with Gasteiger partial charge in [-0.3, -0.25) is 4.79 Å². The molecule has 0 spiro atoms. The maximum absolute atomic E-state index is 13.4. The number of benzene rings is 1. The fourth-order valence-electron chi connectivity index (χ4n) is 2.51. The van der Waals surface area contributed by atoms with Crippen LogP contribution in [0, 0.1) is 5.82 Å². The largest absolute Gasteiger partial charge is 0.387 e. The highest BCUT2D eigenvalue weighted by Crippen LogP contribution is 2.20. The summed E-state index contributed by atoms with van der Waals surface area (Å²) < 4.78 is 13.4. The lowest BCUT2D eigenvalue weighted by Crippen LogP contribution is -2.45. The van der Waals surface area contributed by atoms with Crippen molar-refractivity contribution in [1.29, 1.82) is 0 Å². The first kappa shape index (κ1) is 16.2. The van der Waals surface area contributed by atoms with Crippen molar-refractivity contribution in [3.05, 3.63) is 34.6 Å². The van der Waals surface area contributed by atoms with Crippen LogP contribution in [0.25, 0.3) is 0 Å². The molecule has 1 unspecified atom stereocenters. The van der Waals surface area contributed by atoms with Crippen LogP contribution in [0.3, 0.4) is 0 Å². The maximum atomic E-state index is 13.4. The molecule has 1 atom stereocenters. The topological polar surface area (TPSA) is 52.6 Å². The predicted molar refractivity (Wildman–Crippen MR) is 79.6 cm³/mol. The molecule has 1 amide bonds. The van der Waals surface area contributed by atoms with Gasteiger partial charge in [0.2, 0.25) is 5.91 Å². The van der Waals surface area contributed by atoms with Gasteiger partial charge in [-0.2, -0.15) is 0 Å². The fourth-order valence-corrected chi connectivity index (χ4v) is 2.63. The smallest absolute Gasteiger partial charge is 0.219 e. The quantitative estimate of drug-likeness (QED) is 0.895. The zero-order valence-corrected chi connectivity index (χ0v) is 12.7. The van der Waals surface area contributed by atoms with Crippen LogP contribution < -0.4 is 5.32 Å². The number of carbonyl (C=O) groups is 1. The van der Waals surface area contributed by atoms with E-state index < -0.39 is 11.9 Å². The SMILES string of the molecule is CC(=O)N1CCC(NCC(O)c2ccc(Cl)c(F)c2)CC1. The van der Waals surface area contributed by atoms with Crippen molar-refractivity contribution in [3.63, 3.8) is 0 Å². The van der Waals surface area contributed by atoms with E-state index in [-0.39, 0.29) is 17.0 Å². The lowest BCUT2D eigenvalue weighted by Gasteiger charge is -2.32. The van der Waals surface area contributed by atoms with Gasteiger partial charge in [-0.1, -0.05) is 17.7 Å². The Morgan fingerprint density at radius 3 is 2.76 bits per heavy atom. The Morgan fingerprint density at radius 1 is 1.52 bits per heavy atom. The molecule has 0 bridgehead atoms. The molecule has 1 fully saturated rings. The third kappa shape index (κ3) is 4.40. The number of aliphatic hydroxyl groups excluding tert-OH is 1. The van der Waals surface area contributed by atoms with E-state index in [0.29, 0.717) is 12.1 Å². The number of hydrogen-bond acceptors (Lipinski definition) is 3. The van der Waals surface area contributed by atoms with Crippen molar-refractivity contribution < 1.29 is 14.3 Å². The Morgan fingerprint density at radius 2 is 2.19 bits per heavy atom. The number of rotatable bonds is 4. The first-order valence-electron chi connectivity index (χ1n) is 7.09. The number of aliphatic hydroxyl groups is 1. The minimum absolute atomic E-state index is 0.0514. The van der Waals surface area contributed by atoms with Crippen LogP contribution in [-0.4, -0.2) is 41.6 Å². The van der Waals surface area contributed by atoms with E-state index in [1.807, 2.05) is 4.90 Å². The summed E-state index contributed by atoms with van der Waals surface area (Å²) in [6.45, 7) is 3.40. The fraction of sp³-hybridized carbons (Fsp3) is 0.533. The molecular weight excluding hydrogens is 295 g/mol. The Balaban J connectivity index is 1.80. The number of piperidine rings is 1. The molecule has 1 heterocycles. The van der Waals surface area contributed by atoms with Gasteiger partial charge in [0.15, 0.2) is 0 Å². The van der Waals surface area contributed by atoms with Gasteiger partial charge in [0, 0.05) is 32.6 Å². The van der Waals surface area contributed by atoms with E-state index >= 15 is 0 Å². The Kier molecular flexibility index (Phi) is 5.56. The second-order valence-electron chi connectivity index (χ2n) is 5.38. The molecule has 116 valence electrons. The van der Waals surface area contributed by atoms with E-state index in [1.165, 1.54) is 12.1 Å². The summed E-state index contributed by atoms with van der Waals surface area (Å²) in [5.41, 5.74) is 0.505. The molecule has 1 aliphatic heterocycles. The molecule has 1 aromatic rings. The molecule has 6 heteroatoms. The van der Waals surface area contributed by atoms with Crippen LogP contribution in [0.15, 0.2) is 18.2 Å². The molecule has 0 saturated carbocycles. The second-order valence-corrected chi connectivity index (χ2v) is 5.79. The van der Waals surface area contributed by atoms with Crippen molar-refractivity contribution >= 4 is 17.5 Å². The molecule has 1 saturated heterocycles. The average molecular weight is 315 g/mol. The monoisotopic (exact) mass is 314 g/mol. The van der Waals surface area contributed by atoms with Crippen molar-refractivity contribution in [3.8, 4) is 0 Å². The van der Waals surface area contributed by atoms with Crippen molar-refractivity contribution in [2.24, 2.45) is 0 Å². The summed E-state index contributed by atoms with van der Waals surface area (Å²) in [7, 11) is 0. The van der Waals surface area contributed by atoms with E-state index in [1.54, 1.807) is 13.0 Å².